The molecule has 0 radical (unpaired) electrons. The average molecular weight is 325 g/mol. The summed E-state index contributed by atoms with van der Waals surface area (Å²) >= 11 is 0. The number of rotatable bonds is 3. The highest BCUT2D eigenvalue weighted by atomic mass is 19.1. The Hall–Kier alpha value is -2.49. The molecule has 0 fully saturated rings. The maximum absolute atomic E-state index is 13.2. The smallest absolute Gasteiger partial charge is 0.234 e. The van der Waals surface area contributed by atoms with Gasteiger partial charge in [-0.2, -0.15) is 0 Å². The van der Waals surface area contributed by atoms with E-state index in [2.05, 4.69) is 0 Å². The van der Waals surface area contributed by atoms with Gasteiger partial charge in [0.15, 0.2) is 5.78 Å². The van der Waals surface area contributed by atoms with Crippen molar-refractivity contribution in [1.29, 1.82) is 0 Å². The van der Waals surface area contributed by atoms with Gasteiger partial charge in [-0.1, -0.05) is 38.1 Å². The molecule has 1 atom stereocenters. The Bertz CT molecular complexity index is 767. The first-order valence-corrected chi connectivity index (χ1v) is 8.18. The fourth-order valence-electron chi connectivity index (χ4n) is 3.29. The van der Waals surface area contributed by atoms with Crippen LogP contribution in [0.1, 0.15) is 42.1 Å². The van der Waals surface area contributed by atoms with Gasteiger partial charge in [-0.05, 0) is 35.7 Å². The third-order valence-electron chi connectivity index (χ3n) is 4.49. The highest BCUT2D eigenvalue weighted by molar-refractivity contribution is 6.10. The molecule has 0 saturated carbocycles. The number of anilines is 1. The second-order valence-electron chi connectivity index (χ2n) is 6.45. The quantitative estimate of drug-likeness (QED) is 0.849. The predicted molar refractivity (Wildman–Crippen MR) is 91.7 cm³/mol. The van der Waals surface area contributed by atoms with E-state index < -0.39 is 0 Å². The van der Waals surface area contributed by atoms with Crippen LogP contribution in [0.5, 0.6) is 0 Å². The first-order chi connectivity index (χ1) is 11.5. The number of carbonyl (C=O) groups excluding carboxylic acids is 2. The number of ketones is 1. The van der Waals surface area contributed by atoms with E-state index in [-0.39, 0.29) is 29.3 Å². The second-order valence-corrected chi connectivity index (χ2v) is 6.45. The van der Waals surface area contributed by atoms with Crippen molar-refractivity contribution in [2.24, 2.45) is 5.92 Å². The summed E-state index contributed by atoms with van der Waals surface area (Å²) in [4.78, 5) is 27.0. The highest BCUT2D eigenvalue weighted by Gasteiger charge is 2.33. The minimum absolute atomic E-state index is 0.0449. The van der Waals surface area contributed by atoms with E-state index in [0.717, 1.165) is 5.56 Å². The summed E-state index contributed by atoms with van der Waals surface area (Å²) in [5, 5.41) is 0. The molecule has 0 N–H and O–H groups in total. The van der Waals surface area contributed by atoms with Gasteiger partial charge in [0, 0.05) is 18.5 Å². The molecular formula is C20H20FNO2. The van der Waals surface area contributed by atoms with E-state index in [4.69, 9.17) is 0 Å². The normalized spacial score (nSPS) is 15.3. The minimum Gasteiger partial charge on any atom is -0.311 e. The number of halogens is 1. The fourth-order valence-corrected chi connectivity index (χ4v) is 3.29. The molecule has 1 unspecified atom stereocenters. The predicted octanol–water partition coefficient (Wildman–Crippen LogP) is 4.18. The lowest BCUT2D eigenvalue weighted by molar-refractivity contribution is -0.121. The molecule has 124 valence electrons. The van der Waals surface area contributed by atoms with Gasteiger partial charge in [0.1, 0.15) is 5.82 Å². The molecule has 2 aromatic rings. The lowest BCUT2D eigenvalue weighted by Gasteiger charge is -2.33. The number of para-hydroxylation sites is 1. The lowest BCUT2D eigenvalue weighted by atomic mass is 9.86. The Morgan fingerprint density at radius 2 is 1.75 bits per heavy atom. The van der Waals surface area contributed by atoms with Gasteiger partial charge in [0.2, 0.25) is 5.91 Å². The van der Waals surface area contributed by atoms with Crippen molar-refractivity contribution >= 4 is 17.4 Å². The zero-order valence-electron chi connectivity index (χ0n) is 13.8. The molecule has 4 heteroatoms. The largest absolute Gasteiger partial charge is 0.311 e. The molecule has 0 saturated heterocycles. The molecule has 3 rings (SSSR count). The van der Waals surface area contributed by atoms with Crippen LogP contribution in [-0.2, 0) is 4.79 Å². The first-order valence-electron chi connectivity index (χ1n) is 8.18. The molecule has 0 bridgehead atoms. The topological polar surface area (TPSA) is 37.4 Å². The number of fused-ring (bicyclic) bond motifs is 1. The van der Waals surface area contributed by atoms with Gasteiger partial charge in [-0.25, -0.2) is 4.39 Å². The van der Waals surface area contributed by atoms with Crippen LogP contribution in [-0.4, -0.2) is 18.2 Å². The molecule has 1 heterocycles. The third-order valence-corrected chi connectivity index (χ3v) is 4.49. The van der Waals surface area contributed by atoms with Crippen LogP contribution in [0, 0.1) is 11.7 Å². The summed E-state index contributed by atoms with van der Waals surface area (Å²) in [5.41, 5.74) is 2.07. The zero-order chi connectivity index (χ0) is 17.3. The minimum atomic E-state index is -0.369. The third kappa shape index (κ3) is 2.96. The number of hydrogen-bond donors (Lipinski definition) is 0. The van der Waals surface area contributed by atoms with E-state index in [1.165, 1.54) is 12.1 Å². The molecule has 1 amide bonds. The Morgan fingerprint density at radius 1 is 1.08 bits per heavy atom. The maximum Gasteiger partial charge on any atom is 0.234 e. The van der Waals surface area contributed by atoms with Crippen molar-refractivity contribution in [3.8, 4) is 0 Å². The summed E-state index contributed by atoms with van der Waals surface area (Å²) in [5.74, 6) is -0.601. The molecule has 0 spiro atoms. The number of carbonyl (C=O) groups is 2. The van der Waals surface area contributed by atoms with Gasteiger partial charge in [0.05, 0.1) is 11.6 Å². The van der Waals surface area contributed by atoms with Gasteiger partial charge < -0.3 is 4.90 Å². The standard InChI is InChI=1S/C20H20FNO2/c1-13(2)19(14-7-9-15(21)10-8-14)20(24)22-12-11-18(23)16-5-3-4-6-17(16)22/h3-10,13,19H,11-12H2,1-2H3. The van der Waals surface area contributed by atoms with Gasteiger partial charge >= 0.3 is 0 Å². The number of benzene rings is 2. The monoisotopic (exact) mass is 325 g/mol. The van der Waals surface area contributed by atoms with E-state index in [1.54, 1.807) is 23.1 Å². The molecular weight excluding hydrogens is 305 g/mol. The Labute approximate surface area is 141 Å². The fraction of sp³-hybridized carbons (Fsp3) is 0.300. The average Bonchev–Trinajstić information content (AvgIpc) is 2.57. The zero-order valence-corrected chi connectivity index (χ0v) is 13.8. The van der Waals surface area contributed by atoms with Gasteiger partial charge in [-0.15, -0.1) is 0 Å². The van der Waals surface area contributed by atoms with Crippen molar-refractivity contribution in [2.45, 2.75) is 26.2 Å². The van der Waals surface area contributed by atoms with Crippen LogP contribution < -0.4 is 4.90 Å². The van der Waals surface area contributed by atoms with Gasteiger partial charge in [0.25, 0.3) is 0 Å². The second kappa shape index (κ2) is 6.56. The van der Waals surface area contributed by atoms with Crippen LogP contribution in [0.3, 0.4) is 0 Å². The van der Waals surface area contributed by atoms with Crippen molar-refractivity contribution in [1.82, 2.24) is 0 Å². The first kappa shape index (κ1) is 16.4. The Kier molecular flexibility index (Phi) is 4.47. The number of amides is 1. The molecule has 0 aromatic heterocycles. The van der Waals surface area contributed by atoms with Crippen LogP contribution in [0.2, 0.25) is 0 Å². The van der Waals surface area contributed by atoms with Crippen LogP contribution in [0.15, 0.2) is 48.5 Å². The van der Waals surface area contributed by atoms with E-state index in [9.17, 15) is 14.0 Å². The summed E-state index contributed by atoms with van der Waals surface area (Å²) in [7, 11) is 0. The van der Waals surface area contributed by atoms with E-state index in [1.807, 2.05) is 32.0 Å². The van der Waals surface area contributed by atoms with Crippen LogP contribution >= 0.6 is 0 Å². The summed E-state index contributed by atoms with van der Waals surface area (Å²) in [6, 6.07) is 13.3. The SMILES string of the molecule is CC(C)C(C(=O)N1CCC(=O)c2ccccc21)c1ccc(F)cc1. The van der Waals surface area contributed by atoms with Crippen molar-refractivity contribution in [3.63, 3.8) is 0 Å². The molecule has 0 aliphatic carbocycles. The van der Waals surface area contributed by atoms with E-state index >= 15 is 0 Å². The number of Topliss-reactive ketones (excluding diaryl/α,β-unsaturated/α-hetero) is 1. The summed E-state index contributed by atoms with van der Waals surface area (Å²) in [6.45, 7) is 4.35. The van der Waals surface area contributed by atoms with Gasteiger partial charge in [-0.3, -0.25) is 9.59 Å². The molecule has 1 aliphatic heterocycles. The summed E-state index contributed by atoms with van der Waals surface area (Å²) in [6.07, 6.45) is 0.330. The maximum atomic E-state index is 13.2. The van der Waals surface area contributed by atoms with Crippen molar-refractivity contribution in [3.05, 3.63) is 65.5 Å². The highest BCUT2D eigenvalue weighted by Crippen LogP contribution is 2.33. The summed E-state index contributed by atoms with van der Waals surface area (Å²) < 4.78 is 13.2. The van der Waals surface area contributed by atoms with Crippen LogP contribution in [0.4, 0.5) is 10.1 Å². The molecule has 24 heavy (non-hydrogen) atoms. The van der Waals surface area contributed by atoms with Crippen LogP contribution in [0.25, 0.3) is 0 Å². The molecule has 2 aromatic carbocycles. The number of nitrogens with zero attached hydrogens (tertiary/aromatic N) is 1. The Balaban J connectivity index is 1.98. The van der Waals surface area contributed by atoms with Crippen molar-refractivity contribution in [2.75, 3.05) is 11.4 Å². The van der Waals surface area contributed by atoms with Crippen molar-refractivity contribution < 1.29 is 14.0 Å². The Morgan fingerprint density at radius 3 is 2.42 bits per heavy atom. The number of hydrogen-bond acceptors (Lipinski definition) is 2. The molecule has 3 nitrogen and oxygen atoms in total. The van der Waals surface area contributed by atoms with E-state index in [0.29, 0.717) is 24.2 Å². The lowest BCUT2D eigenvalue weighted by Crippen LogP contribution is -2.41. The molecule has 1 aliphatic rings.